The van der Waals surface area contributed by atoms with Gasteiger partial charge in [-0.05, 0) is 27.2 Å². The molecule has 1 rings (SSSR count). The molecule has 8 nitrogen and oxygen atoms in total. The van der Waals surface area contributed by atoms with E-state index < -0.39 is 34.9 Å². The summed E-state index contributed by atoms with van der Waals surface area (Å²) in [4.78, 5) is 24.8. The number of hydrogen-bond acceptors (Lipinski definition) is 7. The summed E-state index contributed by atoms with van der Waals surface area (Å²) in [5, 5.41) is 4.86. The number of alkyl halides is 3. The van der Waals surface area contributed by atoms with Gasteiger partial charge in [0.15, 0.2) is 11.5 Å². The zero-order valence-electron chi connectivity index (χ0n) is 18.1. The molecule has 0 saturated heterocycles. The van der Waals surface area contributed by atoms with Gasteiger partial charge in [0.25, 0.3) is 0 Å². The Labute approximate surface area is 183 Å². The molecule has 0 spiro atoms. The maximum absolute atomic E-state index is 12.7. The van der Waals surface area contributed by atoms with E-state index >= 15 is 0 Å². The Kier molecular flexibility index (Phi) is 9.60. The van der Waals surface area contributed by atoms with Crippen molar-refractivity contribution in [1.82, 2.24) is 5.32 Å². The van der Waals surface area contributed by atoms with E-state index in [0.29, 0.717) is 5.75 Å². The lowest BCUT2D eigenvalue weighted by molar-refractivity contribution is -0.118. The molecule has 0 saturated carbocycles. The first-order valence-corrected chi connectivity index (χ1v) is 10.1. The standard InChI is InChI=1S/C19H27F3N2O6S/c1-18(2,3)30-17(26)24-12(7-8-31-19(20,21)22)16(25)23-11-9-13(27-4)15(29-6)14(10-11)28-5/h9-10,12H,7-8H2,1-6H3,(H,23,25)(H,24,26). The predicted molar refractivity (Wildman–Crippen MR) is 111 cm³/mol. The number of alkyl carbamates (subject to hydrolysis) is 1. The number of ether oxygens (including phenoxy) is 4. The molecule has 0 aliphatic heterocycles. The molecule has 0 radical (unpaired) electrons. The quantitative estimate of drug-likeness (QED) is 0.561. The molecule has 0 aliphatic carbocycles. The highest BCUT2D eigenvalue weighted by Crippen LogP contribution is 2.40. The van der Waals surface area contributed by atoms with E-state index in [1.807, 2.05) is 0 Å². The molecule has 1 unspecified atom stereocenters. The number of anilines is 1. The monoisotopic (exact) mass is 468 g/mol. The van der Waals surface area contributed by atoms with Crippen molar-refractivity contribution in [3.05, 3.63) is 12.1 Å². The smallest absolute Gasteiger partial charge is 0.441 e. The largest absolute Gasteiger partial charge is 0.493 e. The van der Waals surface area contributed by atoms with Crippen molar-refractivity contribution >= 4 is 29.4 Å². The van der Waals surface area contributed by atoms with Crippen LogP contribution in [0.5, 0.6) is 17.2 Å². The number of thioether (sulfide) groups is 1. The second-order valence-corrected chi connectivity index (χ2v) is 8.34. The second-order valence-electron chi connectivity index (χ2n) is 7.18. The molecule has 1 aromatic rings. The second kappa shape index (κ2) is 11.2. The predicted octanol–water partition coefficient (Wildman–Crippen LogP) is 4.19. The van der Waals surface area contributed by atoms with Crippen LogP contribution in [0.1, 0.15) is 27.2 Å². The molecule has 0 aliphatic rings. The summed E-state index contributed by atoms with van der Waals surface area (Å²) in [7, 11) is 4.20. The fourth-order valence-corrected chi connectivity index (χ4v) is 2.98. The molecular formula is C19H27F3N2O6S. The first kappa shape index (κ1) is 26.5. The van der Waals surface area contributed by atoms with Gasteiger partial charge in [-0.15, -0.1) is 0 Å². The van der Waals surface area contributed by atoms with Gasteiger partial charge in [0.2, 0.25) is 11.7 Å². The van der Waals surface area contributed by atoms with Crippen LogP contribution in [0.3, 0.4) is 0 Å². The van der Waals surface area contributed by atoms with E-state index in [9.17, 15) is 22.8 Å². The highest BCUT2D eigenvalue weighted by atomic mass is 32.2. The third kappa shape index (κ3) is 9.45. The average Bonchev–Trinajstić information content (AvgIpc) is 2.63. The molecule has 0 fully saturated rings. The van der Waals surface area contributed by atoms with Gasteiger partial charge < -0.3 is 29.6 Å². The van der Waals surface area contributed by atoms with Crippen LogP contribution in [-0.4, -0.2) is 56.2 Å². The molecule has 0 heterocycles. The van der Waals surface area contributed by atoms with Gasteiger partial charge in [-0.3, -0.25) is 4.79 Å². The van der Waals surface area contributed by atoms with E-state index in [2.05, 4.69) is 10.6 Å². The summed E-state index contributed by atoms with van der Waals surface area (Å²) in [6.45, 7) is 4.87. The number of halogens is 3. The Bertz CT molecular complexity index is 743. The van der Waals surface area contributed by atoms with Crippen LogP contribution in [0, 0.1) is 0 Å². The lowest BCUT2D eigenvalue weighted by Crippen LogP contribution is -2.46. The number of carbonyl (C=O) groups excluding carboxylic acids is 2. The van der Waals surface area contributed by atoms with Crippen molar-refractivity contribution in [3.63, 3.8) is 0 Å². The highest BCUT2D eigenvalue weighted by molar-refractivity contribution is 8.00. The van der Waals surface area contributed by atoms with E-state index in [0.717, 1.165) is 0 Å². The molecule has 31 heavy (non-hydrogen) atoms. The van der Waals surface area contributed by atoms with Crippen molar-refractivity contribution in [3.8, 4) is 17.2 Å². The molecule has 2 amide bonds. The number of benzene rings is 1. The van der Waals surface area contributed by atoms with Crippen LogP contribution in [0.15, 0.2) is 12.1 Å². The Morgan fingerprint density at radius 2 is 1.58 bits per heavy atom. The number of carbonyl (C=O) groups is 2. The summed E-state index contributed by atoms with van der Waals surface area (Å²) < 4.78 is 58.2. The summed E-state index contributed by atoms with van der Waals surface area (Å²) in [5.74, 6) is -0.342. The molecule has 0 bridgehead atoms. The van der Waals surface area contributed by atoms with Gasteiger partial charge in [-0.25, -0.2) is 4.79 Å². The Morgan fingerprint density at radius 1 is 1.03 bits per heavy atom. The van der Waals surface area contributed by atoms with Crippen molar-refractivity contribution in [1.29, 1.82) is 0 Å². The van der Waals surface area contributed by atoms with Crippen LogP contribution >= 0.6 is 11.8 Å². The van der Waals surface area contributed by atoms with E-state index in [-0.39, 0.29) is 35.4 Å². The van der Waals surface area contributed by atoms with Gasteiger partial charge in [0, 0.05) is 23.6 Å². The van der Waals surface area contributed by atoms with Crippen LogP contribution in [-0.2, 0) is 9.53 Å². The van der Waals surface area contributed by atoms with Gasteiger partial charge in [0.05, 0.1) is 21.3 Å². The Morgan fingerprint density at radius 3 is 2.00 bits per heavy atom. The Balaban J connectivity index is 3.03. The molecule has 1 aromatic carbocycles. The molecule has 1 atom stereocenters. The lowest BCUT2D eigenvalue weighted by Gasteiger charge is -2.23. The summed E-state index contributed by atoms with van der Waals surface area (Å²) in [5.41, 5.74) is -5.06. The zero-order valence-corrected chi connectivity index (χ0v) is 19.0. The number of rotatable bonds is 9. The fraction of sp³-hybridized carbons (Fsp3) is 0.579. The number of methoxy groups -OCH3 is 3. The van der Waals surface area contributed by atoms with Gasteiger partial charge in [-0.2, -0.15) is 13.2 Å². The first-order valence-electron chi connectivity index (χ1n) is 9.10. The third-order valence-corrected chi connectivity index (χ3v) is 4.38. The van der Waals surface area contributed by atoms with Crippen LogP contribution in [0.25, 0.3) is 0 Å². The minimum atomic E-state index is -4.45. The highest BCUT2D eigenvalue weighted by Gasteiger charge is 2.30. The third-order valence-electron chi connectivity index (χ3n) is 3.61. The molecule has 0 aromatic heterocycles. The summed E-state index contributed by atoms with van der Waals surface area (Å²) in [6, 6.07) is 1.63. The number of hydrogen-bond donors (Lipinski definition) is 2. The number of nitrogens with one attached hydrogen (secondary N) is 2. The van der Waals surface area contributed by atoms with Crippen LogP contribution < -0.4 is 24.8 Å². The van der Waals surface area contributed by atoms with E-state index in [1.165, 1.54) is 33.5 Å². The van der Waals surface area contributed by atoms with E-state index in [1.54, 1.807) is 20.8 Å². The van der Waals surface area contributed by atoms with Gasteiger partial charge in [0.1, 0.15) is 11.6 Å². The minimum absolute atomic E-state index is 0.235. The summed E-state index contributed by atoms with van der Waals surface area (Å²) in [6.07, 6.45) is -1.20. The Hall–Kier alpha value is -2.50. The fourth-order valence-electron chi connectivity index (χ4n) is 2.39. The van der Waals surface area contributed by atoms with Gasteiger partial charge >= 0.3 is 11.6 Å². The van der Waals surface area contributed by atoms with Gasteiger partial charge in [-0.1, -0.05) is 11.8 Å². The minimum Gasteiger partial charge on any atom is -0.493 e. The molecular weight excluding hydrogens is 441 g/mol. The van der Waals surface area contributed by atoms with Crippen LogP contribution in [0.4, 0.5) is 23.7 Å². The number of amides is 2. The molecule has 176 valence electrons. The van der Waals surface area contributed by atoms with Crippen LogP contribution in [0.2, 0.25) is 0 Å². The van der Waals surface area contributed by atoms with Crippen molar-refractivity contribution in [2.75, 3.05) is 32.4 Å². The maximum atomic E-state index is 12.7. The van der Waals surface area contributed by atoms with Crippen molar-refractivity contribution in [2.45, 2.75) is 44.3 Å². The SMILES string of the molecule is COc1cc(NC(=O)C(CCSC(F)(F)F)NC(=O)OC(C)(C)C)cc(OC)c1OC. The first-order chi connectivity index (χ1) is 14.3. The van der Waals surface area contributed by atoms with Crippen molar-refractivity contribution in [2.24, 2.45) is 0 Å². The zero-order chi connectivity index (χ0) is 23.8. The van der Waals surface area contributed by atoms with Crippen molar-refractivity contribution < 1.29 is 41.7 Å². The topological polar surface area (TPSA) is 95.1 Å². The lowest BCUT2D eigenvalue weighted by atomic mass is 10.2. The molecule has 2 N–H and O–H groups in total. The molecule has 12 heteroatoms. The normalized spacial score (nSPS) is 12.5. The summed E-state index contributed by atoms with van der Waals surface area (Å²) >= 11 is -0.286. The average molecular weight is 468 g/mol. The van der Waals surface area contributed by atoms with E-state index in [4.69, 9.17) is 18.9 Å². The maximum Gasteiger partial charge on any atom is 0.441 e.